The van der Waals surface area contributed by atoms with Crippen LogP contribution in [0.3, 0.4) is 0 Å². The smallest absolute Gasteiger partial charge is 1.00 e. The molecule has 6 heteroatoms. The first kappa shape index (κ1) is 32.1. The molecule has 0 aliphatic carbocycles. The van der Waals surface area contributed by atoms with Crippen LogP contribution in [0.4, 0.5) is 0 Å². The molecular formula is C28H39NaO5. The summed E-state index contributed by atoms with van der Waals surface area (Å²) >= 11 is 0. The summed E-state index contributed by atoms with van der Waals surface area (Å²) in [6, 6.07) is 16.0. The number of ketones is 1. The average Bonchev–Trinajstić information content (AvgIpc) is 2.80. The van der Waals surface area contributed by atoms with Crippen molar-refractivity contribution in [3.63, 3.8) is 0 Å². The number of para-hydroxylation sites is 1. The summed E-state index contributed by atoms with van der Waals surface area (Å²) in [5.74, 6) is -0.715. The fourth-order valence-electron chi connectivity index (χ4n) is 3.49. The number of Topliss-reactive ketones (excluding diaryl/α,β-unsaturated/α-hetero) is 1. The van der Waals surface area contributed by atoms with E-state index in [9.17, 15) is 14.7 Å². The maximum atomic E-state index is 12.4. The third kappa shape index (κ3) is 10.6. The molecule has 1 atom stereocenters. The van der Waals surface area contributed by atoms with Crippen LogP contribution >= 0.6 is 0 Å². The van der Waals surface area contributed by atoms with E-state index >= 15 is 0 Å². The van der Waals surface area contributed by atoms with Crippen molar-refractivity contribution >= 4 is 16.8 Å². The maximum Gasteiger partial charge on any atom is 1.00 e. The molecule has 3 rings (SSSR count). The van der Waals surface area contributed by atoms with E-state index in [4.69, 9.17) is 9.52 Å². The Labute approximate surface area is 227 Å². The van der Waals surface area contributed by atoms with Crippen LogP contribution in [0.2, 0.25) is 0 Å². The zero-order valence-corrected chi connectivity index (χ0v) is 23.3. The first-order valence-corrected chi connectivity index (χ1v) is 11.8. The van der Waals surface area contributed by atoms with Gasteiger partial charge in [-0.15, -0.1) is 0 Å². The van der Waals surface area contributed by atoms with E-state index in [1.807, 2.05) is 30.3 Å². The number of fused-ring (bicyclic) bond motifs is 1. The number of carbonyl (C=O) groups is 1. The summed E-state index contributed by atoms with van der Waals surface area (Å²) in [7, 11) is 0. The molecule has 3 aromatic rings. The third-order valence-electron chi connectivity index (χ3n) is 5.07. The van der Waals surface area contributed by atoms with Gasteiger partial charge in [-0.2, -0.15) is 0 Å². The summed E-state index contributed by atoms with van der Waals surface area (Å²) in [5, 5.41) is 18.6. The van der Waals surface area contributed by atoms with Crippen LogP contribution in [0.1, 0.15) is 84.7 Å². The SMILES string of the molecule is CC(=O)CC(c1ccccc1)c1c(O)c2ccccc2oc1=O.CCCCCCC.CCO.[H-].[Na+]. The monoisotopic (exact) mass is 478 g/mol. The molecule has 182 valence electrons. The quantitative estimate of drug-likeness (QED) is 0.293. The minimum atomic E-state index is -0.615. The van der Waals surface area contributed by atoms with Gasteiger partial charge >= 0.3 is 35.2 Å². The van der Waals surface area contributed by atoms with Gasteiger partial charge in [0.15, 0.2) is 0 Å². The van der Waals surface area contributed by atoms with E-state index in [0.717, 1.165) is 5.56 Å². The number of hydrogen-bond donors (Lipinski definition) is 2. The summed E-state index contributed by atoms with van der Waals surface area (Å²) in [4.78, 5) is 24.1. The Bertz CT molecular complexity index is 1020. The Morgan fingerprint density at radius 1 is 0.941 bits per heavy atom. The molecule has 0 spiro atoms. The fourth-order valence-corrected chi connectivity index (χ4v) is 3.49. The normalized spacial score (nSPS) is 10.7. The molecule has 0 fully saturated rings. The third-order valence-corrected chi connectivity index (χ3v) is 5.07. The summed E-state index contributed by atoms with van der Waals surface area (Å²) in [6.45, 7) is 7.89. The van der Waals surface area contributed by atoms with Gasteiger partial charge in [-0.25, -0.2) is 4.79 Å². The number of aliphatic hydroxyl groups excluding tert-OH is 1. The van der Waals surface area contributed by atoms with Crippen molar-refractivity contribution in [2.24, 2.45) is 0 Å². The molecule has 2 aromatic carbocycles. The largest absolute Gasteiger partial charge is 1.00 e. The number of benzene rings is 2. The topological polar surface area (TPSA) is 87.7 Å². The van der Waals surface area contributed by atoms with Crippen molar-refractivity contribution < 1.29 is 50.4 Å². The van der Waals surface area contributed by atoms with E-state index < -0.39 is 11.5 Å². The Hall–Kier alpha value is -1.92. The van der Waals surface area contributed by atoms with Crippen molar-refractivity contribution in [2.75, 3.05) is 6.61 Å². The van der Waals surface area contributed by atoms with E-state index in [-0.39, 0.29) is 61.1 Å². The number of carbonyl (C=O) groups excluding carboxylic acids is 1. The number of unbranched alkanes of at least 4 members (excludes halogenated alkanes) is 4. The molecule has 1 aromatic heterocycles. The molecule has 0 saturated carbocycles. The molecular weight excluding hydrogens is 439 g/mol. The van der Waals surface area contributed by atoms with Gasteiger partial charge in [-0.1, -0.05) is 88.4 Å². The van der Waals surface area contributed by atoms with Gasteiger partial charge in [0.1, 0.15) is 17.1 Å². The summed E-state index contributed by atoms with van der Waals surface area (Å²) in [6.07, 6.45) is 7.13. The molecule has 1 unspecified atom stereocenters. The first-order chi connectivity index (χ1) is 15.9. The van der Waals surface area contributed by atoms with Gasteiger partial charge < -0.3 is 16.1 Å². The Morgan fingerprint density at radius 2 is 1.47 bits per heavy atom. The zero-order valence-electron chi connectivity index (χ0n) is 22.3. The minimum absolute atomic E-state index is 0. The summed E-state index contributed by atoms with van der Waals surface area (Å²) < 4.78 is 5.33. The predicted octanol–water partition coefficient (Wildman–Crippen LogP) is 3.70. The molecule has 0 amide bonds. The second kappa shape index (κ2) is 18.4. The van der Waals surface area contributed by atoms with Crippen molar-refractivity contribution in [3.8, 4) is 5.75 Å². The molecule has 0 saturated heterocycles. The molecule has 0 radical (unpaired) electrons. The number of rotatable bonds is 8. The molecule has 34 heavy (non-hydrogen) atoms. The van der Waals surface area contributed by atoms with Gasteiger partial charge in [-0.3, -0.25) is 4.79 Å². The van der Waals surface area contributed by atoms with Gasteiger partial charge in [-0.05, 0) is 31.5 Å². The minimum Gasteiger partial charge on any atom is -1.00 e. The van der Waals surface area contributed by atoms with Crippen LogP contribution in [-0.4, -0.2) is 22.6 Å². The Kier molecular flexibility index (Phi) is 17.4. The fraction of sp³-hybridized carbons (Fsp3) is 0.429. The Morgan fingerprint density at radius 3 is 2.00 bits per heavy atom. The van der Waals surface area contributed by atoms with Crippen LogP contribution in [0, 0.1) is 0 Å². The summed E-state index contributed by atoms with van der Waals surface area (Å²) in [5.41, 5.74) is 0.635. The van der Waals surface area contributed by atoms with Crippen molar-refractivity contribution in [2.45, 2.75) is 72.1 Å². The second-order valence-electron chi connectivity index (χ2n) is 7.89. The van der Waals surface area contributed by atoms with Gasteiger partial charge in [0.05, 0.1) is 10.9 Å². The second-order valence-corrected chi connectivity index (χ2v) is 7.89. The van der Waals surface area contributed by atoms with Crippen LogP contribution < -0.4 is 35.2 Å². The van der Waals surface area contributed by atoms with Crippen LogP contribution in [-0.2, 0) is 4.79 Å². The van der Waals surface area contributed by atoms with Crippen molar-refractivity contribution in [1.82, 2.24) is 0 Å². The molecule has 5 nitrogen and oxygen atoms in total. The van der Waals surface area contributed by atoms with E-state index in [1.54, 1.807) is 31.2 Å². The van der Waals surface area contributed by atoms with Gasteiger partial charge in [0.25, 0.3) is 0 Å². The standard InChI is InChI=1S/C19H16O4.C7H16.C2H6O.Na.H/c1-12(20)11-15(13-7-3-2-4-8-13)17-18(21)14-9-5-6-10-16(14)23-19(17)22;1-3-5-7-6-4-2;1-2-3;;/h2-10,15,21H,11H2,1H3;3-7H2,1-2H3;3H,2H2,1H3;;/q;;;+1;-1. The first-order valence-electron chi connectivity index (χ1n) is 11.8. The number of aromatic hydroxyl groups is 1. The van der Waals surface area contributed by atoms with Gasteiger partial charge in [0.2, 0.25) is 0 Å². The average molecular weight is 479 g/mol. The van der Waals surface area contributed by atoms with Crippen LogP contribution in [0.25, 0.3) is 11.0 Å². The van der Waals surface area contributed by atoms with Crippen LogP contribution in [0.15, 0.2) is 63.8 Å². The van der Waals surface area contributed by atoms with Crippen molar-refractivity contribution in [1.29, 1.82) is 0 Å². The number of hydrogen-bond acceptors (Lipinski definition) is 5. The number of aliphatic hydroxyl groups is 1. The van der Waals surface area contributed by atoms with E-state index in [1.165, 1.54) is 39.0 Å². The molecule has 2 N–H and O–H groups in total. The van der Waals surface area contributed by atoms with Crippen LogP contribution in [0.5, 0.6) is 5.75 Å². The van der Waals surface area contributed by atoms with Crippen molar-refractivity contribution in [3.05, 3.63) is 76.1 Å². The predicted molar refractivity (Wildman–Crippen MR) is 136 cm³/mol. The molecule has 0 aliphatic heterocycles. The molecule has 1 heterocycles. The van der Waals surface area contributed by atoms with Gasteiger partial charge in [0, 0.05) is 18.9 Å². The van der Waals surface area contributed by atoms with E-state index in [2.05, 4.69) is 13.8 Å². The Balaban J connectivity index is 0. The zero-order chi connectivity index (χ0) is 24.6. The maximum absolute atomic E-state index is 12.4. The van der Waals surface area contributed by atoms with E-state index in [0.29, 0.717) is 11.0 Å². The molecule has 0 aliphatic rings. The molecule has 0 bridgehead atoms.